The van der Waals surface area contributed by atoms with Gasteiger partial charge in [-0.05, 0) is 12.8 Å². The number of rotatable bonds is 3. The second-order valence-electron chi connectivity index (χ2n) is 1.69. The van der Waals surface area contributed by atoms with Crippen molar-refractivity contribution in [1.82, 2.24) is 0 Å². The first kappa shape index (κ1) is 13.2. The predicted octanol–water partition coefficient (Wildman–Crippen LogP) is -2.70. The van der Waals surface area contributed by atoms with E-state index in [1.54, 1.807) is 0 Å². The summed E-state index contributed by atoms with van der Waals surface area (Å²) < 4.78 is 0. The minimum atomic E-state index is -0.976. The van der Waals surface area contributed by atoms with Crippen LogP contribution in [0.15, 0.2) is 0 Å². The number of carboxylic acids is 1. The fraction of sp³-hybridized carbons (Fsp3) is 0.800. The number of halogens is 1. The van der Waals surface area contributed by atoms with E-state index in [9.17, 15) is 9.90 Å². The van der Waals surface area contributed by atoms with Crippen LogP contribution < -0.4 is 56.5 Å². The summed E-state index contributed by atoms with van der Waals surface area (Å²) in [5.74, 6) is -0.976. The van der Waals surface area contributed by atoms with Crippen molar-refractivity contribution in [3.8, 4) is 0 Å². The van der Waals surface area contributed by atoms with Gasteiger partial charge in [-0.25, -0.2) is 0 Å². The van der Waals surface area contributed by atoms with Gasteiger partial charge in [0.2, 0.25) is 0 Å². The van der Waals surface area contributed by atoms with E-state index in [2.05, 4.69) is 15.9 Å². The number of hydrogen-bond acceptors (Lipinski definition) is 2. The molecule has 0 saturated heterocycles. The van der Waals surface area contributed by atoms with Crippen LogP contribution >= 0.6 is 15.9 Å². The van der Waals surface area contributed by atoms with Crippen LogP contribution in [-0.2, 0) is 4.79 Å². The molecule has 1 unspecified atom stereocenters. The first-order valence-electron chi connectivity index (χ1n) is 2.47. The molecule has 9 heavy (non-hydrogen) atoms. The third-order valence-electron chi connectivity index (χ3n) is 0.746. The van der Waals surface area contributed by atoms with Gasteiger partial charge in [0, 0.05) is 10.8 Å². The van der Waals surface area contributed by atoms with E-state index in [0.717, 1.165) is 0 Å². The Morgan fingerprint density at radius 3 is 2.33 bits per heavy atom. The van der Waals surface area contributed by atoms with Crippen molar-refractivity contribution >= 4 is 21.9 Å². The zero-order chi connectivity index (χ0) is 6.57. The molecule has 0 bridgehead atoms. The molecule has 48 valence electrons. The summed E-state index contributed by atoms with van der Waals surface area (Å²) in [6.07, 6.45) is 0.786. The van der Waals surface area contributed by atoms with E-state index >= 15 is 0 Å². The van der Waals surface area contributed by atoms with E-state index in [1.165, 1.54) is 0 Å². The van der Waals surface area contributed by atoms with Gasteiger partial charge in [0.25, 0.3) is 0 Å². The Balaban J connectivity index is 0. The summed E-state index contributed by atoms with van der Waals surface area (Å²) in [5, 5.41) is 9.77. The fourth-order valence-electron chi connectivity index (χ4n) is 0.317. The van der Waals surface area contributed by atoms with Crippen molar-refractivity contribution in [2.24, 2.45) is 0 Å². The molecule has 0 radical (unpaired) electrons. The third kappa shape index (κ3) is 12.7. The molecule has 0 N–H and O–H groups in total. The van der Waals surface area contributed by atoms with Gasteiger partial charge in [0.05, 0.1) is 0 Å². The van der Waals surface area contributed by atoms with Crippen LogP contribution in [0.5, 0.6) is 0 Å². The molecule has 4 heteroatoms. The molecule has 0 aromatic rings. The zero-order valence-electron chi connectivity index (χ0n) is 5.69. The summed E-state index contributed by atoms with van der Waals surface area (Å²) in [6.45, 7) is 1.91. The van der Waals surface area contributed by atoms with E-state index in [1.807, 2.05) is 6.92 Å². The molecule has 0 rings (SSSR count). The third-order valence-corrected chi connectivity index (χ3v) is 1.20. The SMILES string of the molecule is CC(Br)CCC(=O)[O-].[K+]. The second-order valence-corrected chi connectivity index (χ2v) is 3.25. The smallest absolute Gasteiger partial charge is 0.550 e. The van der Waals surface area contributed by atoms with Crippen molar-refractivity contribution in [3.05, 3.63) is 0 Å². The maximum atomic E-state index is 9.77. The topological polar surface area (TPSA) is 40.1 Å². The second kappa shape index (κ2) is 7.69. The number of alkyl halides is 1. The van der Waals surface area contributed by atoms with Crippen LogP contribution in [0.25, 0.3) is 0 Å². The average Bonchev–Trinajstić information content (AvgIpc) is 1.61. The molecule has 0 heterocycles. The normalized spacial score (nSPS) is 11.8. The molecule has 0 aliphatic rings. The predicted molar refractivity (Wildman–Crippen MR) is 32.6 cm³/mol. The van der Waals surface area contributed by atoms with Gasteiger partial charge in [-0.15, -0.1) is 0 Å². The summed E-state index contributed by atoms with van der Waals surface area (Å²) in [5.41, 5.74) is 0. The van der Waals surface area contributed by atoms with Crippen molar-refractivity contribution in [1.29, 1.82) is 0 Å². The van der Waals surface area contributed by atoms with Crippen LogP contribution in [-0.4, -0.2) is 10.8 Å². The van der Waals surface area contributed by atoms with E-state index in [-0.39, 0.29) is 62.6 Å². The van der Waals surface area contributed by atoms with Crippen molar-refractivity contribution in [2.75, 3.05) is 0 Å². The van der Waals surface area contributed by atoms with Gasteiger partial charge in [-0.2, -0.15) is 0 Å². The van der Waals surface area contributed by atoms with Crippen LogP contribution in [0.1, 0.15) is 19.8 Å². The van der Waals surface area contributed by atoms with E-state index < -0.39 is 5.97 Å². The van der Waals surface area contributed by atoms with Crippen LogP contribution in [0.4, 0.5) is 0 Å². The van der Waals surface area contributed by atoms with Crippen molar-refractivity contribution < 1.29 is 61.3 Å². The minimum Gasteiger partial charge on any atom is -0.550 e. The Morgan fingerprint density at radius 1 is 1.78 bits per heavy atom. The molecule has 2 nitrogen and oxygen atoms in total. The maximum Gasteiger partial charge on any atom is 1.00 e. The van der Waals surface area contributed by atoms with Crippen LogP contribution in [0.2, 0.25) is 0 Å². The molecule has 1 atom stereocenters. The molecule has 0 aliphatic heterocycles. The van der Waals surface area contributed by atoms with Gasteiger partial charge >= 0.3 is 51.4 Å². The molecule has 0 fully saturated rings. The largest absolute Gasteiger partial charge is 1.00 e. The molecule has 0 aliphatic carbocycles. The monoisotopic (exact) mass is 218 g/mol. The fourth-order valence-corrected chi connectivity index (χ4v) is 0.546. The zero-order valence-corrected chi connectivity index (χ0v) is 10.4. The van der Waals surface area contributed by atoms with Gasteiger partial charge in [-0.1, -0.05) is 22.9 Å². The molecular weight excluding hydrogens is 211 g/mol. The molecule has 0 spiro atoms. The van der Waals surface area contributed by atoms with Gasteiger partial charge in [0.1, 0.15) is 0 Å². The molecule has 0 aromatic carbocycles. The van der Waals surface area contributed by atoms with Gasteiger partial charge in [-0.3, -0.25) is 0 Å². The first-order chi connectivity index (χ1) is 3.63. The summed E-state index contributed by atoms with van der Waals surface area (Å²) >= 11 is 3.21. The Bertz CT molecular complexity index is 85.0. The first-order valence-corrected chi connectivity index (χ1v) is 3.38. The number of aliphatic carboxylic acids is 1. The summed E-state index contributed by atoms with van der Waals surface area (Å²) in [7, 11) is 0. The average molecular weight is 219 g/mol. The Labute approximate surface area is 106 Å². The van der Waals surface area contributed by atoms with Crippen LogP contribution in [0, 0.1) is 0 Å². The van der Waals surface area contributed by atoms with Crippen LogP contribution in [0.3, 0.4) is 0 Å². The Morgan fingerprint density at radius 2 is 2.22 bits per heavy atom. The maximum absolute atomic E-state index is 9.77. The van der Waals surface area contributed by atoms with Crippen molar-refractivity contribution in [3.63, 3.8) is 0 Å². The standard InChI is InChI=1S/C5H9BrO2.K/c1-4(6)2-3-5(7)8;/h4H,2-3H2,1H3,(H,7,8);/q;+1/p-1. The molecule has 0 saturated carbocycles. The number of carbonyl (C=O) groups is 1. The summed E-state index contributed by atoms with van der Waals surface area (Å²) in [4.78, 5) is 10.0. The van der Waals surface area contributed by atoms with Crippen molar-refractivity contribution in [2.45, 2.75) is 24.6 Å². The van der Waals surface area contributed by atoms with Gasteiger partial charge in [0.15, 0.2) is 0 Å². The molecular formula is C5H8BrKO2. The molecule has 0 amide bonds. The molecule has 0 aromatic heterocycles. The summed E-state index contributed by atoms with van der Waals surface area (Å²) in [6, 6.07) is 0. The number of carbonyl (C=O) groups excluding carboxylic acids is 1. The Hall–Kier alpha value is 1.59. The Kier molecular flexibility index (Phi) is 11.3. The number of carboxylic acid groups (broad SMARTS) is 1. The minimum absolute atomic E-state index is 0. The quantitative estimate of drug-likeness (QED) is 0.383. The van der Waals surface area contributed by atoms with Gasteiger partial charge < -0.3 is 9.90 Å². The van der Waals surface area contributed by atoms with E-state index in [0.29, 0.717) is 6.42 Å². The van der Waals surface area contributed by atoms with E-state index in [4.69, 9.17) is 0 Å². The number of hydrogen-bond donors (Lipinski definition) is 0.